The molecule has 2 aromatic heterocycles. The first kappa shape index (κ1) is 14.7. The molecule has 7 nitrogen and oxygen atoms in total. The number of piperazine rings is 1. The van der Waals surface area contributed by atoms with E-state index in [9.17, 15) is 4.79 Å². The number of hydrogen-bond acceptors (Lipinski definition) is 5. The van der Waals surface area contributed by atoms with E-state index in [2.05, 4.69) is 49.0 Å². The second-order valence-electron chi connectivity index (χ2n) is 5.88. The Bertz CT molecular complexity index is 892. The van der Waals surface area contributed by atoms with Crippen LogP contribution in [0.3, 0.4) is 0 Å². The number of aromatic nitrogens is 4. The first-order valence-electron chi connectivity index (χ1n) is 8.26. The number of benzene rings is 1. The summed E-state index contributed by atoms with van der Waals surface area (Å²) in [4.78, 5) is 28.3. The molecule has 0 unspecified atom stereocenters. The Morgan fingerprint density at radius 2 is 1.75 bits per heavy atom. The fraction of sp³-hybridized carbons (Fsp3) is 0.353. The summed E-state index contributed by atoms with van der Waals surface area (Å²) < 4.78 is 1.64. The fourth-order valence-electron chi connectivity index (χ4n) is 3.30. The zero-order valence-electron chi connectivity index (χ0n) is 13.6. The minimum absolute atomic E-state index is 0.128. The van der Waals surface area contributed by atoms with Gasteiger partial charge in [0.25, 0.3) is 0 Å². The van der Waals surface area contributed by atoms with Gasteiger partial charge in [0.2, 0.25) is 0 Å². The van der Waals surface area contributed by atoms with E-state index in [4.69, 9.17) is 0 Å². The Kier molecular flexibility index (Phi) is 3.68. The second-order valence-corrected chi connectivity index (χ2v) is 5.88. The van der Waals surface area contributed by atoms with Gasteiger partial charge < -0.3 is 14.8 Å². The van der Waals surface area contributed by atoms with Gasteiger partial charge in [0, 0.05) is 38.4 Å². The highest BCUT2D eigenvalue weighted by atomic mass is 16.1. The summed E-state index contributed by atoms with van der Waals surface area (Å²) in [6.45, 7) is 6.11. The third-order valence-electron chi connectivity index (χ3n) is 4.56. The Morgan fingerprint density at radius 3 is 2.46 bits per heavy atom. The molecule has 1 fully saturated rings. The molecule has 0 amide bonds. The van der Waals surface area contributed by atoms with Gasteiger partial charge in [0.15, 0.2) is 11.5 Å². The van der Waals surface area contributed by atoms with Crippen LogP contribution in [0.15, 0.2) is 41.5 Å². The number of nitrogens with zero attached hydrogens (tertiary/aromatic N) is 5. The lowest BCUT2D eigenvalue weighted by Crippen LogP contribution is -2.47. The minimum Gasteiger partial charge on any atom is -0.368 e. The van der Waals surface area contributed by atoms with Gasteiger partial charge in [-0.25, -0.2) is 14.8 Å². The van der Waals surface area contributed by atoms with Crippen LogP contribution in [0.5, 0.6) is 0 Å². The van der Waals surface area contributed by atoms with E-state index in [0.29, 0.717) is 12.2 Å². The molecule has 1 aliphatic heterocycles. The fourth-order valence-corrected chi connectivity index (χ4v) is 3.30. The van der Waals surface area contributed by atoms with E-state index < -0.39 is 0 Å². The van der Waals surface area contributed by atoms with Gasteiger partial charge in [-0.3, -0.25) is 4.57 Å². The van der Waals surface area contributed by atoms with Crippen LogP contribution >= 0.6 is 0 Å². The number of hydrogen-bond donors (Lipinski definition) is 1. The van der Waals surface area contributed by atoms with E-state index in [1.54, 1.807) is 10.9 Å². The molecule has 1 saturated heterocycles. The first-order chi connectivity index (χ1) is 11.8. The molecule has 0 saturated carbocycles. The number of anilines is 2. The molecular weight excluding hydrogens is 304 g/mol. The van der Waals surface area contributed by atoms with Gasteiger partial charge in [0.05, 0.1) is 0 Å². The molecule has 124 valence electrons. The maximum Gasteiger partial charge on any atom is 0.327 e. The summed E-state index contributed by atoms with van der Waals surface area (Å²) in [5.74, 6) is 0.817. The summed E-state index contributed by atoms with van der Waals surface area (Å²) in [6.07, 6.45) is 1.54. The Labute approximate surface area is 139 Å². The average molecular weight is 324 g/mol. The standard InChI is InChI=1S/C17H20N6O/c1-2-23-16-14(20-17(23)24)15(18-12-19-16)22-10-8-21(9-11-22)13-6-4-3-5-7-13/h3-7,12H,2,8-11H2,1H3,(H,20,24). The summed E-state index contributed by atoms with van der Waals surface area (Å²) in [5, 5.41) is 0. The van der Waals surface area contributed by atoms with Gasteiger partial charge in [-0.1, -0.05) is 18.2 Å². The zero-order valence-corrected chi connectivity index (χ0v) is 13.6. The molecule has 0 radical (unpaired) electrons. The molecular formula is C17H20N6O. The maximum atomic E-state index is 12.1. The van der Waals surface area contributed by atoms with E-state index in [0.717, 1.165) is 37.5 Å². The molecule has 4 rings (SSSR count). The average Bonchev–Trinajstić information content (AvgIpc) is 2.97. The molecule has 1 N–H and O–H groups in total. The lowest BCUT2D eigenvalue weighted by molar-refractivity contribution is 0.648. The monoisotopic (exact) mass is 324 g/mol. The topological polar surface area (TPSA) is 70.1 Å². The number of rotatable bonds is 3. The van der Waals surface area contributed by atoms with Crippen molar-refractivity contribution in [2.24, 2.45) is 0 Å². The highest BCUT2D eigenvalue weighted by Gasteiger charge is 2.22. The Hall–Kier alpha value is -2.83. The maximum absolute atomic E-state index is 12.1. The van der Waals surface area contributed by atoms with Crippen molar-refractivity contribution in [1.82, 2.24) is 19.5 Å². The van der Waals surface area contributed by atoms with Crippen LogP contribution in [0, 0.1) is 0 Å². The molecule has 1 aliphatic rings. The summed E-state index contributed by atoms with van der Waals surface area (Å²) in [7, 11) is 0. The number of H-pyrrole nitrogens is 1. The largest absolute Gasteiger partial charge is 0.368 e. The third-order valence-corrected chi connectivity index (χ3v) is 4.56. The predicted molar refractivity (Wildman–Crippen MR) is 94.7 cm³/mol. The number of aryl methyl sites for hydroxylation is 1. The minimum atomic E-state index is -0.128. The molecule has 24 heavy (non-hydrogen) atoms. The quantitative estimate of drug-likeness (QED) is 0.790. The molecule has 3 heterocycles. The van der Waals surface area contributed by atoms with Crippen LogP contribution < -0.4 is 15.5 Å². The van der Waals surface area contributed by atoms with Gasteiger partial charge in [-0.15, -0.1) is 0 Å². The van der Waals surface area contributed by atoms with Crippen LogP contribution in [-0.4, -0.2) is 45.7 Å². The van der Waals surface area contributed by atoms with Crippen molar-refractivity contribution in [3.63, 3.8) is 0 Å². The van der Waals surface area contributed by atoms with Crippen molar-refractivity contribution in [2.45, 2.75) is 13.5 Å². The van der Waals surface area contributed by atoms with Crippen LogP contribution in [0.25, 0.3) is 11.2 Å². The summed E-state index contributed by atoms with van der Waals surface area (Å²) in [5.41, 5.74) is 2.53. The van der Waals surface area contributed by atoms with Crippen molar-refractivity contribution >= 4 is 22.7 Å². The van der Waals surface area contributed by atoms with Crippen LogP contribution in [0.2, 0.25) is 0 Å². The van der Waals surface area contributed by atoms with Crippen molar-refractivity contribution < 1.29 is 0 Å². The summed E-state index contributed by atoms with van der Waals surface area (Å²) >= 11 is 0. The second kappa shape index (κ2) is 5.99. The molecule has 0 bridgehead atoms. The molecule has 1 aromatic carbocycles. The van der Waals surface area contributed by atoms with Crippen LogP contribution in [-0.2, 0) is 6.54 Å². The first-order valence-corrected chi connectivity index (χ1v) is 8.26. The van der Waals surface area contributed by atoms with Crippen LogP contribution in [0.4, 0.5) is 11.5 Å². The van der Waals surface area contributed by atoms with Crippen molar-refractivity contribution in [2.75, 3.05) is 36.0 Å². The van der Waals surface area contributed by atoms with Crippen molar-refractivity contribution in [3.05, 3.63) is 47.1 Å². The van der Waals surface area contributed by atoms with E-state index in [1.165, 1.54) is 5.69 Å². The normalized spacial score (nSPS) is 15.2. The molecule has 0 aliphatic carbocycles. The van der Waals surface area contributed by atoms with Crippen molar-refractivity contribution in [3.8, 4) is 0 Å². The molecule has 0 spiro atoms. The Morgan fingerprint density at radius 1 is 1.04 bits per heavy atom. The number of imidazole rings is 1. The van der Waals surface area contributed by atoms with Gasteiger partial charge in [-0.2, -0.15) is 0 Å². The summed E-state index contributed by atoms with van der Waals surface area (Å²) in [6, 6.07) is 10.4. The van der Waals surface area contributed by atoms with Gasteiger partial charge in [0.1, 0.15) is 11.8 Å². The lowest BCUT2D eigenvalue weighted by atomic mass is 10.2. The zero-order chi connectivity index (χ0) is 16.5. The van der Waals surface area contributed by atoms with Crippen LogP contribution in [0.1, 0.15) is 6.92 Å². The molecule has 0 atom stereocenters. The number of para-hydroxylation sites is 1. The number of nitrogens with one attached hydrogen (secondary N) is 1. The molecule has 3 aromatic rings. The van der Waals surface area contributed by atoms with E-state index in [-0.39, 0.29) is 5.69 Å². The molecule has 7 heteroatoms. The van der Waals surface area contributed by atoms with Gasteiger partial charge >= 0.3 is 5.69 Å². The lowest BCUT2D eigenvalue weighted by Gasteiger charge is -2.36. The highest BCUT2D eigenvalue weighted by molar-refractivity contribution is 5.83. The highest BCUT2D eigenvalue weighted by Crippen LogP contribution is 2.23. The SMILES string of the molecule is CCn1c(=O)[nH]c2c(N3CCN(c4ccccc4)CC3)ncnc21. The predicted octanol–water partition coefficient (Wildman–Crippen LogP) is 1.47. The van der Waals surface area contributed by atoms with Crippen molar-refractivity contribution in [1.29, 1.82) is 0 Å². The Balaban J connectivity index is 1.60. The van der Waals surface area contributed by atoms with E-state index in [1.807, 2.05) is 13.0 Å². The number of fused-ring (bicyclic) bond motifs is 1. The number of aromatic amines is 1. The van der Waals surface area contributed by atoms with E-state index >= 15 is 0 Å². The van der Waals surface area contributed by atoms with Gasteiger partial charge in [-0.05, 0) is 19.1 Å². The third kappa shape index (κ3) is 2.42. The smallest absolute Gasteiger partial charge is 0.327 e.